The van der Waals surface area contributed by atoms with Gasteiger partial charge in [0.1, 0.15) is 5.76 Å². The second-order valence-electron chi connectivity index (χ2n) is 3.85. The van der Waals surface area contributed by atoms with Crippen molar-refractivity contribution in [2.24, 2.45) is 0 Å². The Bertz CT molecular complexity index is 468. The lowest BCUT2D eigenvalue weighted by Gasteiger charge is -2.07. The molecule has 4 heteroatoms. The molecular weight excluding hydrogens is 280 g/mol. The number of furan rings is 1. The molecule has 0 atom stereocenters. The van der Waals surface area contributed by atoms with Gasteiger partial charge in [-0.1, -0.05) is 22.0 Å². The summed E-state index contributed by atoms with van der Waals surface area (Å²) in [6.07, 6.45) is 2.59. The first-order valence-corrected chi connectivity index (χ1v) is 6.32. The highest BCUT2D eigenvalue weighted by Gasteiger charge is 2.00. The lowest BCUT2D eigenvalue weighted by Crippen LogP contribution is -2.17. The number of halogens is 1. The van der Waals surface area contributed by atoms with Crippen LogP contribution in [0.2, 0.25) is 0 Å². The maximum Gasteiger partial charge on any atom is 0.105 e. The molecule has 0 aliphatic carbocycles. The highest BCUT2D eigenvalue weighted by molar-refractivity contribution is 9.10. The van der Waals surface area contributed by atoms with Crippen molar-refractivity contribution in [2.45, 2.75) is 13.0 Å². The van der Waals surface area contributed by atoms with Gasteiger partial charge in [-0.05, 0) is 29.8 Å². The summed E-state index contributed by atoms with van der Waals surface area (Å²) in [6.45, 7) is 1.66. The van der Waals surface area contributed by atoms with Crippen molar-refractivity contribution < 1.29 is 4.42 Å². The maximum absolute atomic E-state index is 5.91. The summed E-state index contributed by atoms with van der Waals surface area (Å²) in [5.74, 6) is 1.00. The molecule has 17 heavy (non-hydrogen) atoms. The van der Waals surface area contributed by atoms with Crippen LogP contribution in [0.15, 0.2) is 45.5 Å². The molecule has 1 heterocycles. The standard InChI is InChI=1S/C13H15BrN2O/c14-11-4-3-10(13(15)8-11)9-16-6-5-12-2-1-7-17-12/h1-4,7-8,16H,5-6,9,15H2. The van der Waals surface area contributed by atoms with E-state index in [-0.39, 0.29) is 0 Å². The van der Waals surface area contributed by atoms with Crippen LogP contribution >= 0.6 is 15.9 Å². The Balaban J connectivity index is 1.78. The molecule has 90 valence electrons. The van der Waals surface area contributed by atoms with Gasteiger partial charge >= 0.3 is 0 Å². The Hall–Kier alpha value is -1.26. The number of nitrogen functional groups attached to an aromatic ring is 1. The van der Waals surface area contributed by atoms with E-state index >= 15 is 0 Å². The fourth-order valence-electron chi connectivity index (χ4n) is 1.62. The lowest BCUT2D eigenvalue weighted by molar-refractivity contribution is 0.499. The third-order valence-corrected chi connectivity index (χ3v) is 3.04. The van der Waals surface area contributed by atoms with Crippen LogP contribution in [-0.4, -0.2) is 6.54 Å². The molecule has 0 unspecified atom stereocenters. The van der Waals surface area contributed by atoms with Crippen molar-refractivity contribution in [1.82, 2.24) is 5.32 Å². The maximum atomic E-state index is 5.91. The molecule has 0 saturated heterocycles. The number of hydrogen-bond donors (Lipinski definition) is 2. The van der Waals surface area contributed by atoms with Crippen molar-refractivity contribution in [3.8, 4) is 0 Å². The van der Waals surface area contributed by atoms with Crippen LogP contribution in [0.5, 0.6) is 0 Å². The van der Waals surface area contributed by atoms with E-state index in [1.165, 1.54) is 0 Å². The van der Waals surface area contributed by atoms with E-state index in [4.69, 9.17) is 10.2 Å². The fourth-order valence-corrected chi connectivity index (χ4v) is 2.00. The van der Waals surface area contributed by atoms with Gasteiger partial charge in [0.15, 0.2) is 0 Å². The summed E-state index contributed by atoms with van der Waals surface area (Å²) in [4.78, 5) is 0. The van der Waals surface area contributed by atoms with Gasteiger partial charge in [0.25, 0.3) is 0 Å². The molecule has 0 amide bonds. The Morgan fingerprint density at radius 1 is 1.29 bits per heavy atom. The predicted molar refractivity (Wildman–Crippen MR) is 72.7 cm³/mol. The largest absolute Gasteiger partial charge is 0.469 e. The van der Waals surface area contributed by atoms with Gasteiger partial charge in [0.2, 0.25) is 0 Å². The fraction of sp³-hybridized carbons (Fsp3) is 0.231. The molecule has 2 rings (SSSR count). The Morgan fingerprint density at radius 2 is 2.18 bits per heavy atom. The summed E-state index contributed by atoms with van der Waals surface area (Å²) in [7, 11) is 0. The van der Waals surface area contributed by atoms with Crippen LogP contribution in [0.25, 0.3) is 0 Å². The third-order valence-electron chi connectivity index (χ3n) is 2.55. The van der Waals surface area contributed by atoms with Crippen molar-refractivity contribution in [2.75, 3.05) is 12.3 Å². The summed E-state index contributed by atoms with van der Waals surface area (Å²) < 4.78 is 6.26. The first-order valence-electron chi connectivity index (χ1n) is 5.53. The molecule has 0 bridgehead atoms. The monoisotopic (exact) mass is 294 g/mol. The number of anilines is 1. The third kappa shape index (κ3) is 3.61. The number of hydrogen-bond acceptors (Lipinski definition) is 3. The summed E-state index contributed by atoms with van der Waals surface area (Å²) in [5.41, 5.74) is 7.84. The smallest absolute Gasteiger partial charge is 0.105 e. The lowest BCUT2D eigenvalue weighted by atomic mass is 10.2. The minimum Gasteiger partial charge on any atom is -0.469 e. The van der Waals surface area contributed by atoms with E-state index in [1.54, 1.807) is 6.26 Å². The summed E-state index contributed by atoms with van der Waals surface area (Å²) in [5, 5.41) is 3.34. The van der Waals surface area contributed by atoms with E-state index in [1.807, 2.05) is 30.3 Å². The van der Waals surface area contributed by atoms with Gasteiger partial charge in [0.05, 0.1) is 6.26 Å². The average molecular weight is 295 g/mol. The van der Waals surface area contributed by atoms with Gasteiger partial charge in [-0.15, -0.1) is 0 Å². The number of nitrogens with one attached hydrogen (secondary N) is 1. The van der Waals surface area contributed by atoms with Gasteiger partial charge in [0, 0.05) is 29.7 Å². The number of nitrogens with two attached hydrogens (primary N) is 1. The zero-order valence-electron chi connectivity index (χ0n) is 9.45. The van der Waals surface area contributed by atoms with E-state index in [2.05, 4.69) is 21.2 Å². The van der Waals surface area contributed by atoms with Crippen LogP contribution in [0, 0.1) is 0 Å². The summed E-state index contributed by atoms with van der Waals surface area (Å²) in [6, 6.07) is 9.83. The quantitative estimate of drug-likeness (QED) is 0.658. The molecule has 0 aliphatic heterocycles. The van der Waals surface area contributed by atoms with Gasteiger partial charge in [-0.25, -0.2) is 0 Å². The molecule has 1 aromatic carbocycles. The molecule has 0 spiro atoms. The number of rotatable bonds is 5. The molecule has 0 radical (unpaired) electrons. The summed E-state index contributed by atoms with van der Waals surface area (Å²) >= 11 is 3.39. The molecule has 1 aromatic heterocycles. The topological polar surface area (TPSA) is 51.2 Å². The van der Waals surface area contributed by atoms with E-state index < -0.39 is 0 Å². The van der Waals surface area contributed by atoms with Gasteiger partial charge in [-0.2, -0.15) is 0 Å². The van der Waals surface area contributed by atoms with Crippen molar-refractivity contribution in [3.05, 3.63) is 52.4 Å². The van der Waals surface area contributed by atoms with Crippen LogP contribution in [0.3, 0.4) is 0 Å². The van der Waals surface area contributed by atoms with Crippen LogP contribution in [0.4, 0.5) is 5.69 Å². The molecule has 0 aliphatic rings. The highest BCUT2D eigenvalue weighted by Crippen LogP contribution is 2.18. The molecule has 3 N–H and O–H groups in total. The molecular formula is C13H15BrN2O. The minimum absolute atomic E-state index is 0.778. The SMILES string of the molecule is Nc1cc(Br)ccc1CNCCc1ccco1. The normalized spacial score (nSPS) is 10.6. The number of benzene rings is 1. The van der Waals surface area contributed by atoms with Crippen LogP contribution in [0.1, 0.15) is 11.3 Å². The Labute approximate surface area is 109 Å². The van der Waals surface area contributed by atoms with E-state index in [0.717, 1.165) is 41.0 Å². The Morgan fingerprint density at radius 3 is 2.88 bits per heavy atom. The molecule has 3 nitrogen and oxygen atoms in total. The predicted octanol–water partition coefficient (Wildman–Crippen LogP) is 2.96. The average Bonchev–Trinajstić information content (AvgIpc) is 2.79. The van der Waals surface area contributed by atoms with Crippen molar-refractivity contribution in [1.29, 1.82) is 0 Å². The first kappa shape index (κ1) is 12.2. The second-order valence-corrected chi connectivity index (χ2v) is 4.76. The minimum atomic E-state index is 0.778. The molecule has 0 fully saturated rings. The second kappa shape index (κ2) is 5.89. The van der Waals surface area contributed by atoms with E-state index in [0.29, 0.717) is 0 Å². The van der Waals surface area contributed by atoms with Crippen LogP contribution in [-0.2, 0) is 13.0 Å². The first-order chi connectivity index (χ1) is 8.25. The van der Waals surface area contributed by atoms with E-state index in [9.17, 15) is 0 Å². The van der Waals surface area contributed by atoms with Crippen molar-refractivity contribution >= 4 is 21.6 Å². The molecule has 2 aromatic rings. The highest BCUT2D eigenvalue weighted by atomic mass is 79.9. The van der Waals surface area contributed by atoms with Crippen molar-refractivity contribution in [3.63, 3.8) is 0 Å². The van der Waals surface area contributed by atoms with Crippen LogP contribution < -0.4 is 11.1 Å². The molecule has 0 saturated carbocycles. The Kier molecular flexibility index (Phi) is 4.23. The zero-order chi connectivity index (χ0) is 12.1. The van der Waals surface area contributed by atoms with Gasteiger partial charge in [-0.3, -0.25) is 0 Å². The zero-order valence-corrected chi connectivity index (χ0v) is 11.0. The van der Waals surface area contributed by atoms with Gasteiger partial charge < -0.3 is 15.5 Å².